The van der Waals surface area contributed by atoms with Crippen LogP contribution in [0.5, 0.6) is 0 Å². The van der Waals surface area contributed by atoms with Crippen LogP contribution in [0.25, 0.3) is 0 Å². The summed E-state index contributed by atoms with van der Waals surface area (Å²) in [6.07, 6.45) is 0.706. The minimum absolute atomic E-state index is 0.136. The van der Waals surface area contributed by atoms with Crippen LogP contribution >= 0.6 is 0 Å². The Morgan fingerprint density at radius 2 is 1.91 bits per heavy atom. The van der Waals surface area contributed by atoms with E-state index in [0.29, 0.717) is 11.5 Å². The Hall–Kier alpha value is -1.56. The molecule has 0 aromatic carbocycles. The van der Waals surface area contributed by atoms with Crippen molar-refractivity contribution < 1.29 is 18.0 Å². The van der Waals surface area contributed by atoms with Crippen LogP contribution in [0.1, 0.15) is 26.7 Å². The van der Waals surface area contributed by atoms with Crippen molar-refractivity contribution in [1.82, 2.24) is 10.6 Å². The first-order valence-electron chi connectivity index (χ1n) is 7.31. The number of amides is 1. The highest BCUT2D eigenvalue weighted by molar-refractivity contribution is 5.81. The lowest BCUT2D eigenvalue weighted by molar-refractivity contribution is -0.173. The molecule has 0 unspecified atom stereocenters. The summed E-state index contributed by atoms with van der Waals surface area (Å²) in [7, 11) is 0. The predicted molar refractivity (Wildman–Crippen MR) is 81.3 cm³/mol. The third-order valence-electron chi connectivity index (χ3n) is 3.73. The molecule has 0 aliphatic carbocycles. The fraction of sp³-hybridized carbons (Fsp3) is 0.562. The standard InChI is InChI=1S/C16H23F3N2O/c1-4-12(13-5-7-20-8-6-13)9-14(11(2)3)10-21-15(22)16(17,18)19/h4,9,13,20H,1,5-8,10H2,2-3H3,(H,21,22)/b12-9+. The summed E-state index contributed by atoms with van der Waals surface area (Å²) in [5.41, 5.74) is 2.57. The summed E-state index contributed by atoms with van der Waals surface area (Å²) in [5.74, 6) is -1.56. The van der Waals surface area contributed by atoms with Gasteiger partial charge >= 0.3 is 12.1 Å². The summed E-state index contributed by atoms with van der Waals surface area (Å²) in [4.78, 5) is 10.9. The molecule has 0 saturated carbocycles. The van der Waals surface area contributed by atoms with E-state index in [9.17, 15) is 18.0 Å². The molecule has 0 radical (unpaired) electrons. The van der Waals surface area contributed by atoms with Crippen LogP contribution in [0.3, 0.4) is 0 Å². The predicted octanol–water partition coefficient (Wildman–Crippen LogP) is 3.11. The molecule has 0 spiro atoms. The Morgan fingerprint density at radius 3 is 2.36 bits per heavy atom. The lowest BCUT2D eigenvalue weighted by Crippen LogP contribution is -2.37. The van der Waals surface area contributed by atoms with Gasteiger partial charge in [0.15, 0.2) is 0 Å². The number of allylic oxidation sites excluding steroid dienone is 3. The van der Waals surface area contributed by atoms with E-state index in [-0.39, 0.29) is 6.54 Å². The number of halogens is 3. The SMILES string of the molecule is C=C/C(=C\C(CNC(=O)C(F)(F)F)=C(C)C)C1CCNCC1. The smallest absolute Gasteiger partial charge is 0.344 e. The highest BCUT2D eigenvalue weighted by Gasteiger charge is 2.38. The molecule has 124 valence electrons. The largest absolute Gasteiger partial charge is 0.471 e. The number of hydrogen-bond acceptors (Lipinski definition) is 2. The minimum atomic E-state index is -4.85. The zero-order valence-corrected chi connectivity index (χ0v) is 13.0. The molecule has 22 heavy (non-hydrogen) atoms. The van der Waals surface area contributed by atoms with Crippen molar-refractivity contribution in [1.29, 1.82) is 0 Å². The van der Waals surface area contributed by atoms with Gasteiger partial charge in [-0.3, -0.25) is 4.79 Å². The van der Waals surface area contributed by atoms with E-state index in [1.54, 1.807) is 6.08 Å². The Labute approximate surface area is 129 Å². The van der Waals surface area contributed by atoms with Gasteiger partial charge in [-0.15, -0.1) is 0 Å². The van der Waals surface area contributed by atoms with Gasteiger partial charge in [0.1, 0.15) is 0 Å². The van der Waals surface area contributed by atoms with Crippen molar-refractivity contribution in [3.63, 3.8) is 0 Å². The van der Waals surface area contributed by atoms with E-state index in [1.807, 2.05) is 25.2 Å². The van der Waals surface area contributed by atoms with Crippen LogP contribution in [0.2, 0.25) is 0 Å². The molecule has 1 rings (SSSR count). The van der Waals surface area contributed by atoms with Crippen LogP contribution in [-0.4, -0.2) is 31.7 Å². The first-order chi connectivity index (χ1) is 10.3. The van der Waals surface area contributed by atoms with E-state index >= 15 is 0 Å². The zero-order chi connectivity index (χ0) is 16.8. The molecule has 3 nitrogen and oxygen atoms in total. The lowest BCUT2D eigenvalue weighted by atomic mass is 9.88. The topological polar surface area (TPSA) is 41.1 Å². The Kier molecular flexibility index (Phi) is 6.87. The third kappa shape index (κ3) is 5.67. The molecule has 1 aliphatic heterocycles. The normalized spacial score (nSPS) is 17.0. The van der Waals surface area contributed by atoms with E-state index in [2.05, 4.69) is 11.9 Å². The van der Waals surface area contributed by atoms with E-state index in [1.165, 1.54) is 0 Å². The molecule has 1 heterocycles. The van der Waals surface area contributed by atoms with Crippen molar-refractivity contribution in [3.8, 4) is 0 Å². The van der Waals surface area contributed by atoms with Crippen molar-refractivity contribution >= 4 is 5.91 Å². The quantitative estimate of drug-likeness (QED) is 0.765. The van der Waals surface area contributed by atoms with Crippen molar-refractivity contribution in [2.24, 2.45) is 5.92 Å². The highest BCUT2D eigenvalue weighted by Crippen LogP contribution is 2.24. The van der Waals surface area contributed by atoms with Crippen molar-refractivity contribution in [2.45, 2.75) is 32.9 Å². The first kappa shape index (κ1) is 18.5. The minimum Gasteiger partial charge on any atom is -0.344 e. The van der Waals surface area contributed by atoms with E-state index < -0.39 is 12.1 Å². The van der Waals surface area contributed by atoms with Gasteiger partial charge < -0.3 is 10.6 Å². The van der Waals surface area contributed by atoms with Gasteiger partial charge in [-0.25, -0.2) is 0 Å². The molecule has 1 aliphatic rings. The molecule has 6 heteroatoms. The molecule has 0 aromatic rings. The molecule has 0 atom stereocenters. The Morgan fingerprint density at radius 1 is 1.32 bits per heavy atom. The van der Waals surface area contributed by atoms with E-state index in [0.717, 1.165) is 37.1 Å². The number of carbonyl (C=O) groups is 1. The van der Waals surface area contributed by atoms with Gasteiger partial charge in [-0.1, -0.05) is 24.3 Å². The molecule has 1 saturated heterocycles. The van der Waals surface area contributed by atoms with Crippen molar-refractivity contribution in [3.05, 3.63) is 35.5 Å². The zero-order valence-electron chi connectivity index (χ0n) is 13.0. The maximum Gasteiger partial charge on any atom is 0.471 e. The average Bonchev–Trinajstić information content (AvgIpc) is 2.46. The van der Waals surface area contributed by atoms with Gasteiger partial charge in [0, 0.05) is 6.54 Å². The molecule has 0 bridgehead atoms. The average molecular weight is 316 g/mol. The number of alkyl halides is 3. The monoisotopic (exact) mass is 316 g/mol. The van der Waals surface area contributed by atoms with Crippen molar-refractivity contribution in [2.75, 3.05) is 19.6 Å². The highest BCUT2D eigenvalue weighted by atomic mass is 19.4. The van der Waals surface area contributed by atoms with Crippen LogP contribution in [0.15, 0.2) is 35.5 Å². The number of carbonyl (C=O) groups excluding carboxylic acids is 1. The molecule has 0 aromatic heterocycles. The Bertz CT molecular complexity index is 468. The van der Waals surface area contributed by atoms with Crippen LogP contribution in [-0.2, 0) is 4.79 Å². The fourth-order valence-electron chi connectivity index (χ4n) is 2.35. The number of piperidine rings is 1. The number of rotatable bonds is 5. The molecular formula is C16H23F3N2O. The third-order valence-corrected chi connectivity index (χ3v) is 3.73. The summed E-state index contributed by atoms with van der Waals surface area (Å²) in [6.45, 7) is 9.14. The molecule has 1 fully saturated rings. The first-order valence-corrected chi connectivity index (χ1v) is 7.31. The van der Waals surface area contributed by atoms with Gasteiger partial charge in [-0.2, -0.15) is 13.2 Å². The maximum absolute atomic E-state index is 12.3. The Balaban J connectivity index is 2.82. The van der Waals surface area contributed by atoms with Crippen LogP contribution in [0.4, 0.5) is 13.2 Å². The lowest BCUT2D eigenvalue weighted by Gasteiger charge is -2.24. The number of nitrogens with one attached hydrogen (secondary N) is 2. The fourth-order valence-corrected chi connectivity index (χ4v) is 2.35. The summed E-state index contributed by atoms with van der Waals surface area (Å²) < 4.78 is 36.8. The molecule has 1 amide bonds. The second kappa shape index (κ2) is 8.17. The second-order valence-corrected chi connectivity index (χ2v) is 5.58. The maximum atomic E-state index is 12.3. The summed E-state index contributed by atoms with van der Waals surface area (Å²) in [5, 5.41) is 5.19. The van der Waals surface area contributed by atoms with Gasteiger partial charge in [-0.05, 0) is 56.8 Å². The second-order valence-electron chi connectivity index (χ2n) is 5.58. The number of hydrogen-bond donors (Lipinski definition) is 2. The van der Waals surface area contributed by atoms with Gasteiger partial charge in [0.2, 0.25) is 0 Å². The van der Waals surface area contributed by atoms with Crippen LogP contribution in [0, 0.1) is 5.92 Å². The van der Waals surface area contributed by atoms with E-state index in [4.69, 9.17) is 0 Å². The summed E-state index contributed by atoms with van der Waals surface area (Å²) >= 11 is 0. The van der Waals surface area contributed by atoms with Gasteiger partial charge in [0.05, 0.1) is 0 Å². The summed E-state index contributed by atoms with van der Waals surface area (Å²) in [6, 6.07) is 0. The van der Waals surface area contributed by atoms with Gasteiger partial charge in [0.25, 0.3) is 0 Å². The molecule has 2 N–H and O–H groups in total. The molecular weight excluding hydrogens is 293 g/mol. The van der Waals surface area contributed by atoms with Crippen LogP contribution < -0.4 is 10.6 Å².